The van der Waals surface area contributed by atoms with Crippen molar-refractivity contribution < 1.29 is 4.74 Å². The van der Waals surface area contributed by atoms with E-state index in [4.69, 9.17) is 16.3 Å². The lowest BCUT2D eigenvalue weighted by Gasteiger charge is -2.26. The molecule has 3 nitrogen and oxygen atoms in total. The SMILES string of the molecule is CN1CCOc2nc(Cl)ccc21. The fourth-order valence-corrected chi connectivity index (χ4v) is 1.35. The molecule has 0 amide bonds. The van der Waals surface area contributed by atoms with Gasteiger partial charge in [0.2, 0.25) is 5.88 Å². The molecule has 0 atom stereocenters. The minimum absolute atomic E-state index is 0.476. The first-order chi connectivity index (χ1) is 5.77. The molecule has 2 heterocycles. The third-order valence-electron chi connectivity index (χ3n) is 1.88. The van der Waals surface area contributed by atoms with E-state index in [-0.39, 0.29) is 0 Å². The maximum absolute atomic E-state index is 5.71. The number of rotatable bonds is 0. The van der Waals surface area contributed by atoms with Crippen molar-refractivity contribution in [1.82, 2.24) is 4.98 Å². The second kappa shape index (κ2) is 2.83. The zero-order valence-corrected chi connectivity index (χ0v) is 7.51. The normalized spacial score (nSPS) is 15.3. The van der Waals surface area contributed by atoms with Crippen molar-refractivity contribution in [2.75, 3.05) is 25.1 Å². The molecule has 1 aliphatic heterocycles. The third kappa shape index (κ3) is 1.20. The summed E-state index contributed by atoms with van der Waals surface area (Å²) in [6, 6.07) is 3.69. The zero-order chi connectivity index (χ0) is 8.55. The lowest BCUT2D eigenvalue weighted by molar-refractivity contribution is 0.299. The van der Waals surface area contributed by atoms with Crippen LogP contribution >= 0.6 is 11.6 Å². The summed E-state index contributed by atoms with van der Waals surface area (Å²) < 4.78 is 5.34. The summed E-state index contributed by atoms with van der Waals surface area (Å²) in [4.78, 5) is 6.17. The van der Waals surface area contributed by atoms with E-state index in [9.17, 15) is 0 Å². The molecule has 1 aromatic rings. The predicted molar refractivity (Wildman–Crippen MR) is 48.0 cm³/mol. The van der Waals surface area contributed by atoms with Crippen LogP contribution in [0.25, 0.3) is 0 Å². The molecule has 1 aliphatic rings. The Morgan fingerprint density at radius 2 is 2.42 bits per heavy atom. The Morgan fingerprint density at radius 1 is 1.58 bits per heavy atom. The molecule has 2 rings (SSSR count). The maximum Gasteiger partial charge on any atom is 0.239 e. The minimum atomic E-state index is 0.476. The Kier molecular flexibility index (Phi) is 1.81. The zero-order valence-electron chi connectivity index (χ0n) is 6.75. The van der Waals surface area contributed by atoms with Crippen LogP contribution in [-0.4, -0.2) is 25.2 Å². The Balaban J connectivity index is 2.46. The maximum atomic E-state index is 5.71. The fourth-order valence-electron chi connectivity index (χ4n) is 1.21. The number of hydrogen-bond acceptors (Lipinski definition) is 3. The number of anilines is 1. The predicted octanol–water partition coefficient (Wildman–Crippen LogP) is 1.56. The first-order valence-corrected chi connectivity index (χ1v) is 4.15. The van der Waals surface area contributed by atoms with Crippen molar-refractivity contribution in [2.24, 2.45) is 0 Å². The molecule has 0 radical (unpaired) electrons. The van der Waals surface area contributed by atoms with E-state index >= 15 is 0 Å². The summed E-state index contributed by atoms with van der Waals surface area (Å²) in [6.45, 7) is 1.58. The summed E-state index contributed by atoms with van der Waals surface area (Å²) in [7, 11) is 2.01. The molecule has 64 valence electrons. The molecule has 1 aromatic heterocycles. The van der Waals surface area contributed by atoms with Crippen molar-refractivity contribution in [3.8, 4) is 5.88 Å². The molecular weight excluding hydrogens is 176 g/mol. The van der Waals surface area contributed by atoms with Crippen LogP contribution in [0.2, 0.25) is 5.15 Å². The van der Waals surface area contributed by atoms with Gasteiger partial charge < -0.3 is 9.64 Å². The highest BCUT2D eigenvalue weighted by Crippen LogP contribution is 2.29. The molecule has 0 saturated carbocycles. The van der Waals surface area contributed by atoms with E-state index in [1.54, 1.807) is 6.07 Å². The highest BCUT2D eigenvalue weighted by molar-refractivity contribution is 6.29. The van der Waals surface area contributed by atoms with Crippen LogP contribution < -0.4 is 9.64 Å². The van der Waals surface area contributed by atoms with Gasteiger partial charge in [0.15, 0.2) is 0 Å². The number of pyridine rings is 1. The van der Waals surface area contributed by atoms with Gasteiger partial charge in [0.25, 0.3) is 0 Å². The van der Waals surface area contributed by atoms with Gasteiger partial charge in [-0.15, -0.1) is 0 Å². The van der Waals surface area contributed by atoms with Gasteiger partial charge in [-0.2, -0.15) is 4.98 Å². The summed E-state index contributed by atoms with van der Waals surface area (Å²) in [5, 5.41) is 0.476. The first-order valence-electron chi connectivity index (χ1n) is 3.78. The van der Waals surface area contributed by atoms with Crippen LogP contribution in [0.5, 0.6) is 5.88 Å². The Hall–Kier alpha value is -0.960. The number of nitrogens with zero attached hydrogens (tertiary/aromatic N) is 2. The third-order valence-corrected chi connectivity index (χ3v) is 2.09. The van der Waals surface area contributed by atoms with Gasteiger partial charge >= 0.3 is 0 Å². The molecule has 0 saturated heterocycles. The lowest BCUT2D eigenvalue weighted by atomic mass is 10.3. The van der Waals surface area contributed by atoms with Gasteiger partial charge in [0.05, 0.1) is 12.2 Å². The number of fused-ring (bicyclic) bond motifs is 1. The van der Waals surface area contributed by atoms with Crippen molar-refractivity contribution in [2.45, 2.75) is 0 Å². The first kappa shape index (κ1) is 7.68. The quantitative estimate of drug-likeness (QED) is 0.573. The fraction of sp³-hybridized carbons (Fsp3) is 0.375. The van der Waals surface area contributed by atoms with Crippen molar-refractivity contribution in [3.05, 3.63) is 17.3 Å². The second-order valence-electron chi connectivity index (χ2n) is 2.73. The lowest BCUT2D eigenvalue weighted by Crippen LogP contribution is -2.29. The van der Waals surface area contributed by atoms with Gasteiger partial charge in [0.1, 0.15) is 11.8 Å². The van der Waals surface area contributed by atoms with Gasteiger partial charge in [-0.25, -0.2) is 0 Å². The number of ether oxygens (including phenoxy) is 1. The van der Waals surface area contributed by atoms with E-state index in [0.29, 0.717) is 17.6 Å². The van der Waals surface area contributed by atoms with Crippen LogP contribution in [0.3, 0.4) is 0 Å². The second-order valence-corrected chi connectivity index (χ2v) is 3.12. The number of likely N-dealkylation sites (N-methyl/N-ethyl adjacent to an activating group) is 1. The van der Waals surface area contributed by atoms with Crippen molar-refractivity contribution >= 4 is 17.3 Å². The summed E-state index contributed by atoms with van der Waals surface area (Å²) in [6.07, 6.45) is 0. The minimum Gasteiger partial charge on any atom is -0.474 e. The monoisotopic (exact) mass is 184 g/mol. The van der Waals surface area contributed by atoms with E-state index < -0.39 is 0 Å². The Bertz CT molecular complexity index is 303. The molecule has 0 fully saturated rings. The van der Waals surface area contributed by atoms with Crippen LogP contribution in [-0.2, 0) is 0 Å². The van der Waals surface area contributed by atoms with E-state index in [1.165, 1.54) is 0 Å². The molecule has 0 aliphatic carbocycles. The van der Waals surface area contributed by atoms with Crippen LogP contribution in [0.4, 0.5) is 5.69 Å². The highest BCUT2D eigenvalue weighted by atomic mass is 35.5. The molecule has 4 heteroatoms. The van der Waals surface area contributed by atoms with Crippen LogP contribution in [0.1, 0.15) is 0 Å². The van der Waals surface area contributed by atoms with Gasteiger partial charge in [-0.3, -0.25) is 0 Å². The summed E-state index contributed by atoms with van der Waals surface area (Å²) in [5.74, 6) is 0.635. The van der Waals surface area contributed by atoms with E-state index in [0.717, 1.165) is 12.2 Å². The number of halogens is 1. The molecule has 0 bridgehead atoms. The number of hydrogen-bond donors (Lipinski definition) is 0. The average molecular weight is 185 g/mol. The molecule has 0 unspecified atom stereocenters. The summed E-state index contributed by atoms with van der Waals surface area (Å²) >= 11 is 5.71. The standard InChI is InChI=1S/C8H9ClN2O/c1-11-4-5-12-8-6(11)2-3-7(9)10-8/h2-3H,4-5H2,1H3. The average Bonchev–Trinajstić information content (AvgIpc) is 2.04. The molecule has 0 aromatic carbocycles. The highest BCUT2D eigenvalue weighted by Gasteiger charge is 2.15. The smallest absolute Gasteiger partial charge is 0.239 e. The molecule has 12 heavy (non-hydrogen) atoms. The topological polar surface area (TPSA) is 25.4 Å². The molecule has 0 spiro atoms. The van der Waals surface area contributed by atoms with E-state index in [2.05, 4.69) is 9.88 Å². The van der Waals surface area contributed by atoms with Crippen LogP contribution in [0, 0.1) is 0 Å². The summed E-state index contributed by atoms with van der Waals surface area (Å²) in [5.41, 5.74) is 1.01. The van der Waals surface area contributed by atoms with Crippen LogP contribution in [0.15, 0.2) is 12.1 Å². The Labute approximate surface area is 75.9 Å². The molecule has 0 N–H and O–H groups in total. The van der Waals surface area contributed by atoms with E-state index in [1.807, 2.05) is 13.1 Å². The Morgan fingerprint density at radius 3 is 3.25 bits per heavy atom. The van der Waals surface area contributed by atoms with Gasteiger partial charge in [-0.1, -0.05) is 11.6 Å². The molecular formula is C8H9ClN2O. The van der Waals surface area contributed by atoms with Gasteiger partial charge in [-0.05, 0) is 12.1 Å². The largest absolute Gasteiger partial charge is 0.474 e. The van der Waals surface area contributed by atoms with Crippen molar-refractivity contribution in [1.29, 1.82) is 0 Å². The number of aromatic nitrogens is 1. The van der Waals surface area contributed by atoms with Crippen molar-refractivity contribution in [3.63, 3.8) is 0 Å². The van der Waals surface area contributed by atoms with Gasteiger partial charge in [0, 0.05) is 7.05 Å².